The van der Waals surface area contributed by atoms with Crippen LogP contribution in [0.2, 0.25) is 0 Å². The Morgan fingerprint density at radius 1 is 0.964 bits per heavy atom. The quantitative estimate of drug-likeness (QED) is 0.527. The van der Waals surface area contributed by atoms with Crippen LogP contribution in [0.25, 0.3) is 0 Å². The Balaban J connectivity index is 1.79. The molecule has 0 unspecified atom stereocenters. The van der Waals surface area contributed by atoms with E-state index in [4.69, 9.17) is 16.3 Å². The first-order chi connectivity index (χ1) is 13.7. The lowest BCUT2D eigenvalue weighted by molar-refractivity contribution is -0.116. The average molecular weight is 391 g/mol. The summed E-state index contributed by atoms with van der Waals surface area (Å²) < 4.78 is 5.79. The maximum atomic E-state index is 12.4. The third-order valence-electron chi connectivity index (χ3n) is 4.24. The van der Waals surface area contributed by atoms with E-state index in [9.17, 15) is 10.1 Å². The minimum Gasteiger partial charge on any atom is -0.489 e. The van der Waals surface area contributed by atoms with Crippen LogP contribution in [0.3, 0.4) is 0 Å². The highest BCUT2D eigenvalue weighted by atomic mass is 35.5. The summed E-state index contributed by atoms with van der Waals surface area (Å²) >= 11 is 5.79. The molecule has 0 bridgehead atoms. The number of anilines is 1. The number of ether oxygens (including phenoxy) is 1. The number of halogens is 1. The van der Waals surface area contributed by atoms with Crippen LogP contribution in [0.5, 0.6) is 5.75 Å². The molecule has 3 aromatic carbocycles. The SMILES string of the molecule is N#C[C@@H](c1ccc(OCc2ccccc2)cc1)N(C(=O)CCl)c1ccccc1. The first kappa shape index (κ1) is 19.5. The Morgan fingerprint density at radius 3 is 2.14 bits per heavy atom. The molecule has 0 spiro atoms. The Labute approximate surface area is 169 Å². The van der Waals surface area contributed by atoms with Gasteiger partial charge in [-0.05, 0) is 35.4 Å². The second-order valence-corrected chi connectivity index (χ2v) is 6.38. The predicted octanol–water partition coefficient (Wildman–Crippen LogP) is 5.10. The summed E-state index contributed by atoms with van der Waals surface area (Å²) in [5.74, 6) is 0.161. The Kier molecular flexibility index (Phi) is 6.67. The van der Waals surface area contributed by atoms with E-state index in [-0.39, 0.29) is 11.8 Å². The Morgan fingerprint density at radius 2 is 1.57 bits per heavy atom. The van der Waals surface area contributed by atoms with E-state index < -0.39 is 6.04 Å². The number of amides is 1. The first-order valence-corrected chi connectivity index (χ1v) is 9.35. The van der Waals surface area contributed by atoms with Crippen LogP contribution in [-0.2, 0) is 11.4 Å². The fourth-order valence-corrected chi connectivity index (χ4v) is 2.99. The van der Waals surface area contributed by atoms with Crippen molar-refractivity contribution in [3.05, 3.63) is 96.1 Å². The van der Waals surface area contributed by atoms with Crippen LogP contribution in [0.1, 0.15) is 17.2 Å². The van der Waals surface area contributed by atoms with Crippen molar-refractivity contribution < 1.29 is 9.53 Å². The lowest BCUT2D eigenvalue weighted by Gasteiger charge is -2.27. The molecule has 1 amide bonds. The highest BCUT2D eigenvalue weighted by Crippen LogP contribution is 2.28. The van der Waals surface area contributed by atoms with Crippen molar-refractivity contribution in [3.8, 4) is 11.8 Å². The predicted molar refractivity (Wildman–Crippen MR) is 110 cm³/mol. The third-order valence-corrected chi connectivity index (χ3v) is 4.47. The van der Waals surface area contributed by atoms with Gasteiger partial charge >= 0.3 is 0 Å². The monoisotopic (exact) mass is 390 g/mol. The Hall–Kier alpha value is -3.29. The smallest absolute Gasteiger partial charge is 0.243 e. The normalized spacial score (nSPS) is 11.3. The van der Waals surface area contributed by atoms with Gasteiger partial charge in [0.15, 0.2) is 0 Å². The van der Waals surface area contributed by atoms with Gasteiger partial charge in [0.1, 0.15) is 24.3 Å². The second-order valence-electron chi connectivity index (χ2n) is 6.11. The number of para-hydroxylation sites is 1. The van der Waals surface area contributed by atoms with E-state index in [1.54, 1.807) is 36.4 Å². The molecular weight excluding hydrogens is 372 g/mol. The average Bonchev–Trinajstić information content (AvgIpc) is 2.77. The molecule has 0 N–H and O–H groups in total. The van der Waals surface area contributed by atoms with Gasteiger partial charge in [-0.15, -0.1) is 11.6 Å². The van der Waals surface area contributed by atoms with Crippen molar-refractivity contribution in [2.75, 3.05) is 10.8 Å². The summed E-state index contributed by atoms with van der Waals surface area (Å²) in [5.41, 5.74) is 2.39. The van der Waals surface area contributed by atoms with Crippen LogP contribution < -0.4 is 9.64 Å². The number of nitrogens with zero attached hydrogens (tertiary/aromatic N) is 2. The number of carbonyl (C=O) groups excluding carboxylic acids is 1. The minimum atomic E-state index is -0.781. The summed E-state index contributed by atoms with van der Waals surface area (Å²) in [7, 11) is 0. The molecule has 0 saturated carbocycles. The van der Waals surface area contributed by atoms with Gasteiger partial charge < -0.3 is 4.74 Å². The number of hydrogen-bond acceptors (Lipinski definition) is 3. The molecule has 0 saturated heterocycles. The number of hydrogen-bond donors (Lipinski definition) is 0. The molecule has 0 heterocycles. The van der Waals surface area contributed by atoms with Gasteiger partial charge in [-0.25, -0.2) is 0 Å². The number of benzene rings is 3. The number of rotatable bonds is 7. The van der Waals surface area contributed by atoms with Crippen LogP contribution in [0, 0.1) is 11.3 Å². The largest absolute Gasteiger partial charge is 0.489 e. The fourth-order valence-electron chi connectivity index (χ4n) is 2.86. The number of alkyl halides is 1. The van der Waals surface area contributed by atoms with Gasteiger partial charge in [0.05, 0.1) is 6.07 Å². The van der Waals surface area contributed by atoms with E-state index in [1.165, 1.54) is 4.90 Å². The highest BCUT2D eigenvalue weighted by molar-refractivity contribution is 6.29. The van der Waals surface area contributed by atoms with E-state index >= 15 is 0 Å². The molecule has 0 aliphatic rings. The van der Waals surface area contributed by atoms with Crippen molar-refractivity contribution in [2.45, 2.75) is 12.6 Å². The zero-order valence-corrected chi connectivity index (χ0v) is 15.9. The molecule has 0 radical (unpaired) electrons. The molecule has 0 aliphatic heterocycles. The summed E-state index contributed by atoms with van der Waals surface area (Å²) in [6.07, 6.45) is 0. The lowest BCUT2D eigenvalue weighted by atomic mass is 10.1. The van der Waals surface area contributed by atoms with Gasteiger partial charge in [-0.3, -0.25) is 9.69 Å². The van der Waals surface area contributed by atoms with Gasteiger partial charge in [0.25, 0.3) is 0 Å². The summed E-state index contributed by atoms with van der Waals surface area (Å²) in [4.78, 5) is 13.9. The zero-order chi connectivity index (χ0) is 19.8. The molecule has 3 rings (SSSR count). The zero-order valence-electron chi connectivity index (χ0n) is 15.2. The molecule has 0 fully saturated rings. The Bertz CT molecular complexity index is 938. The molecule has 5 heteroatoms. The molecular formula is C23H19ClN2O2. The number of carbonyl (C=O) groups is 1. The minimum absolute atomic E-state index is 0.203. The molecule has 28 heavy (non-hydrogen) atoms. The van der Waals surface area contributed by atoms with E-state index in [2.05, 4.69) is 6.07 Å². The highest BCUT2D eigenvalue weighted by Gasteiger charge is 2.26. The van der Waals surface area contributed by atoms with Gasteiger partial charge in [-0.1, -0.05) is 60.7 Å². The van der Waals surface area contributed by atoms with E-state index in [0.29, 0.717) is 23.6 Å². The third kappa shape index (κ3) is 4.70. The summed E-state index contributed by atoms with van der Waals surface area (Å²) in [6, 6.07) is 27.6. The lowest BCUT2D eigenvalue weighted by Crippen LogP contribution is -2.35. The van der Waals surface area contributed by atoms with Crippen LogP contribution >= 0.6 is 11.6 Å². The summed E-state index contributed by atoms with van der Waals surface area (Å²) in [5, 5.41) is 9.76. The molecule has 0 aliphatic carbocycles. The van der Waals surface area contributed by atoms with E-state index in [0.717, 1.165) is 5.56 Å². The maximum Gasteiger partial charge on any atom is 0.243 e. The van der Waals surface area contributed by atoms with Gasteiger partial charge in [0.2, 0.25) is 5.91 Å². The molecule has 1 atom stereocenters. The number of nitriles is 1. The molecule has 4 nitrogen and oxygen atoms in total. The van der Waals surface area contributed by atoms with Crippen LogP contribution in [0.15, 0.2) is 84.9 Å². The molecule has 3 aromatic rings. The van der Waals surface area contributed by atoms with Crippen molar-refractivity contribution in [1.82, 2.24) is 0 Å². The molecule has 140 valence electrons. The van der Waals surface area contributed by atoms with Crippen molar-refractivity contribution >= 4 is 23.2 Å². The van der Waals surface area contributed by atoms with Crippen LogP contribution in [-0.4, -0.2) is 11.8 Å². The van der Waals surface area contributed by atoms with Crippen molar-refractivity contribution in [3.63, 3.8) is 0 Å². The van der Waals surface area contributed by atoms with Gasteiger partial charge in [-0.2, -0.15) is 5.26 Å². The first-order valence-electron chi connectivity index (χ1n) is 8.82. The standard InChI is InChI=1S/C23H19ClN2O2/c24-15-23(27)26(20-9-5-2-6-10-20)22(16-25)19-11-13-21(14-12-19)28-17-18-7-3-1-4-8-18/h1-14,22H,15,17H2/t22-/m0/s1. The topological polar surface area (TPSA) is 53.3 Å². The van der Waals surface area contributed by atoms with Gasteiger partial charge in [0, 0.05) is 5.69 Å². The van der Waals surface area contributed by atoms with Crippen molar-refractivity contribution in [1.29, 1.82) is 5.26 Å². The van der Waals surface area contributed by atoms with E-state index in [1.807, 2.05) is 48.5 Å². The van der Waals surface area contributed by atoms with Crippen LogP contribution in [0.4, 0.5) is 5.69 Å². The summed E-state index contributed by atoms with van der Waals surface area (Å²) in [6.45, 7) is 0.461. The maximum absolute atomic E-state index is 12.4. The molecule has 0 aromatic heterocycles. The fraction of sp³-hybridized carbons (Fsp3) is 0.130. The second kappa shape index (κ2) is 9.59. The van der Waals surface area contributed by atoms with Crippen molar-refractivity contribution in [2.24, 2.45) is 0 Å².